The van der Waals surface area contributed by atoms with Gasteiger partial charge in [0.05, 0.1) is 0 Å². The Morgan fingerprint density at radius 3 is 2.69 bits per heavy atom. The van der Waals surface area contributed by atoms with Crippen LogP contribution in [0, 0.1) is 5.92 Å². The molecule has 0 bridgehead atoms. The number of hydrogen-bond donors (Lipinski definition) is 1. The molecule has 0 fully saturated rings. The molecule has 2 N–H and O–H groups in total. The molecular formula is C13H17NO2. The average Bonchev–Trinajstić information content (AvgIpc) is 2.35. The zero-order chi connectivity index (χ0) is 12.0. The van der Waals surface area contributed by atoms with Gasteiger partial charge >= 0.3 is 5.97 Å². The molecule has 0 spiro atoms. The summed E-state index contributed by atoms with van der Waals surface area (Å²) in [5.41, 5.74) is 6.64. The van der Waals surface area contributed by atoms with Crippen molar-refractivity contribution in [2.24, 2.45) is 11.7 Å². The van der Waals surface area contributed by atoms with Gasteiger partial charge in [-0.3, -0.25) is 4.79 Å². The van der Waals surface area contributed by atoms with Crippen molar-refractivity contribution in [3.05, 3.63) is 48.6 Å². The molecule has 1 aromatic carbocycles. The van der Waals surface area contributed by atoms with Crippen molar-refractivity contribution in [2.75, 3.05) is 0 Å². The minimum atomic E-state index is -0.638. The highest BCUT2D eigenvalue weighted by atomic mass is 16.5. The van der Waals surface area contributed by atoms with Gasteiger partial charge in [-0.15, -0.1) is 6.58 Å². The Morgan fingerprint density at radius 1 is 1.50 bits per heavy atom. The number of ether oxygens (including phenoxy) is 1. The normalized spacial score (nSPS) is 13.9. The summed E-state index contributed by atoms with van der Waals surface area (Å²) in [7, 11) is 0. The Balaban J connectivity index is 2.44. The third-order valence-corrected chi connectivity index (χ3v) is 2.43. The van der Waals surface area contributed by atoms with Crippen LogP contribution in [-0.4, -0.2) is 12.0 Å². The van der Waals surface area contributed by atoms with E-state index in [1.807, 2.05) is 37.3 Å². The van der Waals surface area contributed by atoms with Gasteiger partial charge in [-0.1, -0.05) is 43.3 Å². The van der Waals surface area contributed by atoms with Crippen molar-refractivity contribution < 1.29 is 9.53 Å². The quantitative estimate of drug-likeness (QED) is 0.607. The first-order valence-corrected chi connectivity index (χ1v) is 5.24. The second kappa shape index (κ2) is 6.08. The van der Waals surface area contributed by atoms with E-state index >= 15 is 0 Å². The molecule has 0 amide bonds. The van der Waals surface area contributed by atoms with Gasteiger partial charge in [-0.25, -0.2) is 0 Å². The Morgan fingerprint density at radius 2 is 2.12 bits per heavy atom. The van der Waals surface area contributed by atoms with Crippen LogP contribution >= 0.6 is 0 Å². The van der Waals surface area contributed by atoms with Crippen molar-refractivity contribution in [1.82, 2.24) is 0 Å². The molecule has 0 aliphatic heterocycles. The predicted molar refractivity (Wildman–Crippen MR) is 63.6 cm³/mol. The highest BCUT2D eigenvalue weighted by Crippen LogP contribution is 2.06. The molecule has 0 saturated carbocycles. The van der Waals surface area contributed by atoms with Crippen LogP contribution in [0.2, 0.25) is 0 Å². The van der Waals surface area contributed by atoms with Gasteiger partial charge in [0.1, 0.15) is 12.6 Å². The standard InChI is InChI=1S/C13H17NO2/c1-3-10(2)12(14)13(15)16-9-11-7-5-4-6-8-11/h3-8,10,12H,1,9,14H2,2H3. The molecule has 3 heteroatoms. The summed E-state index contributed by atoms with van der Waals surface area (Å²) >= 11 is 0. The molecule has 0 saturated heterocycles. The molecule has 16 heavy (non-hydrogen) atoms. The monoisotopic (exact) mass is 219 g/mol. The summed E-state index contributed by atoms with van der Waals surface area (Å²) in [5, 5.41) is 0. The number of esters is 1. The minimum Gasteiger partial charge on any atom is -0.460 e. The lowest BCUT2D eigenvalue weighted by Crippen LogP contribution is -2.37. The maximum Gasteiger partial charge on any atom is 0.323 e. The van der Waals surface area contributed by atoms with Crippen molar-refractivity contribution in [3.8, 4) is 0 Å². The number of carbonyl (C=O) groups is 1. The largest absolute Gasteiger partial charge is 0.460 e. The van der Waals surface area contributed by atoms with Gasteiger partial charge in [-0.05, 0) is 11.5 Å². The molecule has 0 heterocycles. The first-order valence-electron chi connectivity index (χ1n) is 5.24. The molecule has 0 aromatic heterocycles. The van der Waals surface area contributed by atoms with Gasteiger partial charge in [-0.2, -0.15) is 0 Å². The third kappa shape index (κ3) is 3.51. The van der Waals surface area contributed by atoms with Gasteiger partial charge in [0.25, 0.3) is 0 Å². The second-order valence-corrected chi connectivity index (χ2v) is 3.71. The van der Waals surface area contributed by atoms with Crippen LogP contribution in [0.4, 0.5) is 0 Å². The highest BCUT2D eigenvalue weighted by molar-refractivity contribution is 5.76. The molecule has 0 radical (unpaired) electrons. The molecule has 0 aliphatic rings. The van der Waals surface area contributed by atoms with E-state index in [1.54, 1.807) is 6.08 Å². The van der Waals surface area contributed by atoms with Crippen LogP contribution in [-0.2, 0) is 16.1 Å². The van der Waals surface area contributed by atoms with E-state index in [9.17, 15) is 4.79 Å². The van der Waals surface area contributed by atoms with Crippen LogP contribution in [0.5, 0.6) is 0 Å². The van der Waals surface area contributed by atoms with Crippen molar-refractivity contribution in [3.63, 3.8) is 0 Å². The Bertz CT molecular complexity index is 348. The highest BCUT2D eigenvalue weighted by Gasteiger charge is 2.19. The molecule has 2 unspecified atom stereocenters. The number of nitrogens with two attached hydrogens (primary N) is 1. The number of benzene rings is 1. The van der Waals surface area contributed by atoms with E-state index in [-0.39, 0.29) is 12.5 Å². The zero-order valence-corrected chi connectivity index (χ0v) is 9.43. The smallest absolute Gasteiger partial charge is 0.323 e. The second-order valence-electron chi connectivity index (χ2n) is 3.71. The van der Waals surface area contributed by atoms with Gasteiger partial charge in [0.2, 0.25) is 0 Å². The summed E-state index contributed by atoms with van der Waals surface area (Å²) in [4.78, 5) is 11.5. The Kier molecular flexibility index (Phi) is 4.73. The fraction of sp³-hybridized carbons (Fsp3) is 0.308. The first-order chi connectivity index (χ1) is 7.65. The van der Waals surface area contributed by atoms with Crippen molar-refractivity contribution >= 4 is 5.97 Å². The van der Waals surface area contributed by atoms with E-state index in [4.69, 9.17) is 10.5 Å². The van der Waals surface area contributed by atoms with Crippen LogP contribution in [0.25, 0.3) is 0 Å². The molecule has 1 rings (SSSR count). The van der Waals surface area contributed by atoms with Crippen LogP contribution < -0.4 is 5.73 Å². The van der Waals surface area contributed by atoms with E-state index < -0.39 is 12.0 Å². The lowest BCUT2D eigenvalue weighted by molar-refractivity contribution is -0.147. The molecule has 2 atom stereocenters. The molecule has 0 aliphatic carbocycles. The summed E-state index contributed by atoms with van der Waals surface area (Å²) in [6, 6.07) is 8.87. The topological polar surface area (TPSA) is 52.3 Å². The SMILES string of the molecule is C=CC(C)C(N)C(=O)OCc1ccccc1. The summed E-state index contributed by atoms with van der Waals surface area (Å²) in [6.45, 7) is 5.69. The molecular weight excluding hydrogens is 202 g/mol. The molecule has 86 valence electrons. The minimum absolute atomic E-state index is 0.0803. The molecule has 1 aromatic rings. The van der Waals surface area contributed by atoms with Gasteiger partial charge in [0.15, 0.2) is 0 Å². The third-order valence-electron chi connectivity index (χ3n) is 2.43. The maximum absolute atomic E-state index is 11.5. The van der Waals surface area contributed by atoms with Gasteiger partial charge < -0.3 is 10.5 Å². The molecule has 3 nitrogen and oxygen atoms in total. The number of hydrogen-bond acceptors (Lipinski definition) is 3. The fourth-order valence-electron chi connectivity index (χ4n) is 1.19. The lowest BCUT2D eigenvalue weighted by Gasteiger charge is -2.15. The van der Waals surface area contributed by atoms with E-state index in [2.05, 4.69) is 6.58 Å². The summed E-state index contributed by atoms with van der Waals surface area (Å²) < 4.78 is 5.10. The van der Waals surface area contributed by atoms with E-state index in [1.165, 1.54) is 0 Å². The zero-order valence-electron chi connectivity index (χ0n) is 9.43. The Hall–Kier alpha value is -1.61. The van der Waals surface area contributed by atoms with Crippen LogP contribution in [0.15, 0.2) is 43.0 Å². The lowest BCUT2D eigenvalue weighted by atomic mass is 10.0. The average molecular weight is 219 g/mol. The maximum atomic E-state index is 11.5. The first kappa shape index (κ1) is 12.5. The Labute approximate surface area is 95.9 Å². The van der Waals surface area contributed by atoms with Crippen LogP contribution in [0.3, 0.4) is 0 Å². The number of carbonyl (C=O) groups excluding carboxylic acids is 1. The van der Waals surface area contributed by atoms with E-state index in [0.717, 1.165) is 5.56 Å². The summed E-state index contributed by atoms with van der Waals surface area (Å²) in [6.07, 6.45) is 1.65. The number of rotatable bonds is 5. The van der Waals surface area contributed by atoms with E-state index in [0.29, 0.717) is 0 Å². The summed E-state index contributed by atoms with van der Waals surface area (Å²) in [5.74, 6) is -0.473. The fourth-order valence-corrected chi connectivity index (χ4v) is 1.19. The van der Waals surface area contributed by atoms with Crippen molar-refractivity contribution in [2.45, 2.75) is 19.6 Å². The van der Waals surface area contributed by atoms with Crippen LogP contribution in [0.1, 0.15) is 12.5 Å². The predicted octanol–water partition coefficient (Wildman–Crippen LogP) is 1.88. The van der Waals surface area contributed by atoms with Gasteiger partial charge in [0, 0.05) is 0 Å². The van der Waals surface area contributed by atoms with Crippen molar-refractivity contribution in [1.29, 1.82) is 0 Å².